The molecule has 100 valence electrons. The molecule has 0 aromatic carbocycles. The Kier molecular flexibility index (Phi) is 4.33. The molecule has 0 aliphatic heterocycles. The van der Waals surface area contributed by atoms with Crippen LogP contribution in [0.25, 0.3) is 0 Å². The summed E-state index contributed by atoms with van der Waals surface area (Å²) in [6.07, 6.45) is 7.87. The van der Waals surface area contributed by atoms with Crippen molar-refractivity contribution >= 4 is 5.97 Å². The first-order valence-electron chi connectivity index (χ1n) is 6.80. The first-order valence-corrected chi connectivity index (χ1v) is 6.80. The Bertz CT molecular complexity index is 408. The highest BCUT2D eigenvalue weighted by Crippen LogP contribution is 2.29. The lowest BCUT2D eigenvalue weighted by Gasteiger charge is -2.23. The molecule has 5 nitrogen and oxygen atoms in total. The van der Waals surface area contributed by atoms with E-state index in [1.807, 2.05) is 4.68 Å². The van der Waals surface area contributed by atoms with Gasteiger partial charge >= 0.3 is 5.97 Å². The molecule has 18 heavy (non-hydrogen) atoms. The lowest BCUT2D eigenvalue weighted by atomic mass is 9.95. The van der Waals surface area contributed by atoms with Gasteiger partial charge in [0, 0.05) is 0 Å². The van der Waals surface area contributed by atoms with Gasteiger partial charge in [-0.25, -0.2) is 9.48 Å². The Morgan fingerprint density at radius 1 is 1.39 bits per heavy atom. The monoisotopic (exact) mass is 251 g/mol. The van der Waals surface area contributed by atoms with Crippen LogP contribution in [0.5, 0.6) is 0 Å². The van der Waals surface area contributed by atoms with Crippen molar-refractivity contribution in [3.8, 4) is 0 Å². The van der Waals surface area contributed by atoms with E-state index in [9.17, 15) is 4.79 Å². The van der Waals surface area contributed by atoms with Crippen molar-refractivity contribution in [2.75, 3.05) is 7.11 Å². The highest BCUT2D eigenvalue weighted by atomic mass is 16.5. The second-order valence-corrected chi connectivity index (χ2v) is 4.86. The molecule has 0 spiro atoms. The van der Waals surface area contributed by atoms with Crippen LogP contribution in [0.3, 0.4) is 0 Å². The number of carbonyl (C=O) groups excluding carboxylic acids is 1. The Labute approximate surface area is 108 Å². The van der Waals surface area contributed by atoms with E-state index in [1.54, 1.807) is 0 Å². The topological polar surface area (TPSA) is 57.0 Å². The molecule has 0 radical (unpaired) electrons. The Morgan fingerprint density at radius 2 is 2.11 bits per heavy atom. The van der Waals surface area contributed by atoms with Crippen molar-refractivity contribution in [2.24, 2.45) is 0 Å². The molecule has 1 fully saturated rings. The summed E-state index contributed by atoms with van der Waals surface area (Å²) in [5, 5.41) is 8.21. The lowest BCUT2D eigenvalue weighted by molar-refractivity contribution is 0.0592. The molecule has 1 aliphatic rings. The maximum absolute atomic E-state index is 11.7. The van der Waals surface area contributed by atoms with Gasteiger partial charge < -0.3 is 4.74 Å². The van der Waals surface area contributed by atoms with Crippen LogP contribution in [0, 0.1) is 0 Å². The van der Waals surface area contributed by atoms with Gasteiger partial charge in [-0.05, 0) is 19.3 Å². The summed E-state index contributed by atoms with van der Waals surface area (Å²) in [5.41, 5.74) is 1.33. The Morgan fingerprint density at radius 3 is 2.72 bits per heavy atom. The van der Waals surface area contributed by atoms with Gasteiger partial charge in [-0.15, -0.1) is 5.10 Å². The van der Waals surface area contributed by atoms with Crippen molar-refractivity contribution in [2.45, 2.75) is 57.9 Å². The molecule has 2 rings (SSSR count). The number of rotatable bonds is 4. The van der Waals surface area contributed by atoms with E-state index in [4.69, 9.17) is 4.74 Å². The average Bonchev–Trinajstić information content (AvgIpc) is 2.83. The molecule has 0 N–H and O–H groups in total. The maximum atomic E-state index is 11.7. The fourth-order valence-electron chi connectivity index (χ4n) is 2.66. The smallest absolute Gasteiger partial charge is 0.360 e. The number of aromatic nitrogens is 3. The second kappa shape index (κ2) is 5.98. The van der Waals surface area contributed by atoms with Crippen LogP contribution in [0.4, 0.5) is 0 Å². The summed E-state index contributed by atoms with van der Waals surface area (Å²) < 4.78 is 6.74. The predicted octanol–water partition coefficient (Wildman–Crippen LogP) is 2.52. The third-order valence-electron chi connectivity index (χ3n) is 3.58. The van der Waals surface area contributed by atoms with Crippen LogP contribution in [-0.2, 0) is 11.2 Å². The first-order chi connectivity index (χ1) is 8.77. The van der Waals surface area contributed by atoms with Gasteiger partial charge in [0.05, 0.1) is 18.8 Å². The molecule has 0 unspecified atom stereocenters. The summed E-state index contributed by atoms with van der Waals surface area (Å²) in [6, 6.07) is 0.409. The quantitative estimate of drug-likeness (QED) is 0.771. The molecule has 5 heteroatoms. The number of esters is 1. The molecule has 0 atom stereocenters. The van der Waals surface area contributed by atoms with Crippen LogP contribution in [-0.4, -0.2) is 28.1 Å². The van der Waals surface area contributed by atoms with Crippen molar-refractivity contribution in [1.82, 2.24) is 15.0 Å². The zero-order valence-electron chi connectivity index (χ0n) is 11.2. The van der Waals surface area contributed by atoms with Crippen molar-refractivity contribution < 1.29 is 9.53 Å². The average molecular weight is 251 g/mol. The highest BCUT2D eigenvalue weighted by molar-refractivity contribution is 5.88. The highest BCUT2D eigenvalue weighted by Gasteiger charge is 2.25. The number of hydrogen-bond donors (Lipinski definition) is 0. The molecule has 1 aliphatic carbocycles. The third kappa shape index (κ3) is 2.54. The van der Waals surface area contributed by atoms with Crippen molar-refractivity contribution in [1.29, 1.82) is 0 Å². The minimum atomic E-state index is -0.375. The van der Waals surface area contributed by atoms with Gasteiger partial charge in [-0.3, -0.25) is 0 Å². The summed E-state index contributed by atoms with van der Waals surface area (Å²) in [5.74, 6) is -0.375. The van der Waals surface area contributed by atoms with Gasteiger partial charge in [0.1, 0.15) is 0 Å². The van der Waals surface area contributed by atoms with E-state index in [1.165, 1.54) is 26.4 Å². The fourth-order valence-corrected chi connectivity index (χ4v) is 2.66. The number of carbonyl (C=O) groups is 1. The van der Waals surface area contributed by atoms with Crippen LogP contribution >= 0.6 is 0 Å². The van der Waals surface area contributed by atoms with Crippen molar-refractivity contribution in [3.05, 3.63) is 11.4 Å². The van der Waals surface area contributed by atoms with E-state index < -0.39 is 0 Å². The Hall–Kier alpha value is -1.39. The van der Waals surface area contributed by atoms with Crippen molar-refractivity contribution in [3.63, 3.8) is 0 Å². The molecule has 0 bridgehead atoms. The molecule has 1 heterocycles. The van der Waals surface area contributed by atoms with E-state index >= 15 is 0 Å². The SMILES string of the molecule is CCCc1c(C(=O)OC)nnn1C1CCCCC1. The minimum absolute atomic E-state index is 0.375. The molecule has 1 aromatic rings. The van der Waals surface area contributed by atoms with E-state index in [2.05, 4.69) is 17.2 Å². The Balaban J connectivity index is 2.28. The van der Waals surface area contributed by atoms with Gasteiger partial charge in [0.25, 0.3) is 0 Å². The van der Waals surface area contributed by atoms with E-state index in [-0.39, 0.29) is 5.97 Å². The first kappa shape index (κ1) is 13.1. The predicted molar refractivity (Wildman–Crippen MR) is 67.5 cm³/mol. The summed E-state index contributed by atoms with van der Waals surface area (Å²) in [6.45, 7) is 2.10. The molecular weight excluding hydrogens is 230 g/mol. The zero-order valence-corrected chi connectivity index (χ0v) is 11.2. The normalized spacial score (nSPS) is 16.8. The van der Waals surface area contributed by atoms with Gasteiger partial charge in [0.2, 0.25) is 0 Å². The number of ether oxygens (including phenoxy) is 1. The van der Waals surface area contributed by atoms with E-state index in [0.29, 0.717) is 11.7 Å². The van der Waals surface area contributed by atoms with Crippen LogP contribution in [0.15, 0.2) is 0 Å². The van der Waals surface area contributed by atoms with Gasteiger partial charge in [-0.1, -0.05) is 37.8 Å². The van der Waals surface area contributed by atoms with E-state index in [0.717, 1.165) is 31.4 Å². The maximum Gasteiger partial charge on any atom is 0.360 e. The second-order valence-electron chi connectivity index (χ2n) is 4.86. The van der Waals surface area contributed by atoms with Crippen LogP contribution in [0.1, 0.15) is 67.7 Å². The zero-order chi connectivity index (χ0) is 13.0. The summed E-state index contributed by atoms with van der Waals surface area (Å²) >= 11 is 0. The summed E-state index contributed by atoms with van der Waals surface area (Å²) in [4.78, 5) is 11.7. The van der Waals surface area contributed by atoms with Crippen LogP contribution in [0.2, 0.25) is 0 Å². The number of methoxy groups -OCH3 is 1. The van der Waals surface area contributed by atoms with Gasteiger partial charge in [-0.2, -0.15) is 0 Å². The summed E-state index contributed by atoms with van der Waals surface area (Å²) in [7, 11) is 1.39. The molecule has 0 amide bonds. The lowest BCUT2D eigenvalue weighted by Crippen LogP contribution is -2.17. The molecule has 1 aromatic heterocycles. The molecular formula is C13H21N3O2. The third-order valence-corrected chi connectivity index (χ3v) is 3.58. The largest absolute Gasteiger partial charge is 0.464 e. The molecule has 0 saturated heterocycles. The van der Waals surface area contributed by atoms with Crippen LogP contribution < -0.4 is 0 Å². The number of hydrogen-bond acceptors (Lipinski definition) is 4. The fraction of sp³-hybridized carbons (Fsp3) is 0.769. The number of nitrogens with zero attached hydrogens (tertiary/aromatic N) is 3. The van der Waals surface area contributed by atoms with Gasteiger partial charge in [0.15, 0.2) is 5.69 Å². The molecule has 1 saturated carbocycles. The minimum Gasteiger partial charge on any atom is -0.464 e. The standard InChI is InChI=1S/C13H21N3O2/c1-3-7-11-12(13(17)18-2)14-15-16(11)10-8-5-4-6-9-10/h10H,3-9H2,1-2H3.